The van der Waals surface area contributed by atoms with Crippen molar-refractivity contribution in [1.82, 2.24) is 4.98 Å². The molecule has 0 aliphatic heterocycles. The maximum Gasteiger partial charge on any atom is 0.0592 e. The molecule has 0 fully saturated rings. The Morgan fingerprint density at radius 2 is 1.92 bits per heavy atom. The highest BCUT2D eigenvalue weighted by Crippen LogP contribution is 2.34. The maximum atomic E-state index is 5.88. The van der Waals surface area contributed by atoms with Crippen molar-refractivity contribution in [3.05, 3.63) is 29.0 Å². The van der Waals surface area contributed by atoms with Gasteiger partial charge in [0.05, 0.1) is 5.02 Å². The van der Waals surface area contributed by atoms with Crippen LogP contribution in [-0.4, -0.2) is 4.98 Å². The first-order valence-corrected chi connectivity index (χ1v) is 4.89. The number of rotatable bonds is 1. The second-order valence-electron chi connectivity index (χ2n) is 4.52. The van der Waals surface area contributed by atoms with Crippen molar-refractivity contribution < 1.29 is 0 Å². The number of nitrogens with zero attached hydrogens (tertiary/aromatic N) is 1. The van der Waals surface area contributed by atoms with E-state index in [-0.39, 0.29) is 5.41 Å². The molecule has 1 atom stereocenters. The SMILES string of the molecule is CC(c1cncc(Cl)c1)C(C)(C)C. The number of hydrogen-bond acceptors (Lipinski definition) is 1. The third-order valence-electron chi connectivity index (χ3n) is 2.53. The Balaban J connectivity index is 2.96. The molecule has 0 bridgehead atoms. The molecule has 0 aliphatic carbocycles. The molecule has 0 aromatic carbocycles. The summed E-state index contributed by atoms with van der Waals surface area (Å²) < 4.78 is 0. The van der Waals surface area contributed by atoms with Crippen LogP contribution in [0.1, 0.15) is 39.2 Å². The number of aromatic nitrogens is 1. The molecule has 0 N–H and O–H groups in total. The standard InChI is InChI=1S/C11H16ClN/c1-8(11(2,3)4)9-5-10(12)7-13-6-9/h5-8H,1-4H3. The molecule has 0 radical (unpaired) electrons. The topological polar surface area (TPSA) is 12.9 Å². The molecule has 0 amide bonds. The molecular weight excluding hydrogens is 182 g/mol. The molecule has 0 saturated carbocycles. The number of halogens is 1. The van der Waals surface area contributed by atoms with Crippen LogP contribution in [-0.2, 0) is 0 Å². The summed E-state index contributed by atoms with van der Waals surface area (Å²) >= 11 is 5.88. The predicted octanol–water partition coefficient (Wildman–Crippen LogP) is 3.88. The van der Waals surface area contributed by atoms with Crippen molar-refractivity contribution in [3.8, 4) is 0 Å². The first-order valence-electron chi connectivity index (χ1n) is 4.51. The van der Waals surface area contributed by atoms with Crippen molar-refractivity contribution in [1.29, 1.82) is 0 Å². The zero-order chi connectivity index (χ0) is 10.1. The van der Waals surface area contributed by atoms with Gasteiger partial charge < -0.3 is 0 Å². The maximum absolute atomic E-state index is 5.88. The largest absolute Gasteiger partial charge is 0.263 e. The van der Waals surface area contributed by atoms with Crippen LogP contribution in [0.4, 0.5) is 0 Å². The zero-order valence-corrected chi connectivity index (χ0v) is 9.39. The number of pyridine rings is 1. The van der Waals surface area contributed by atoms with Crippen molar-refractivity contribution in [2.24, 2.45) is 5.41 Å². The molecule has 0 aliphatic rings. The van der Waals surface area contributed by atoms with E-state index in [2.05, 4.69) is 32.7 Å². The Hall–Kier alpha value is -0.560. The van der Waals surface area contributed by atoms with E-state index in [4.69, 9.17) is 11.6 Å². The lowest BCUT2D eigenvalue weighted by molar-refractivity contribution is 0.339. The monoisotopic (exact) mass is 197 g/mol. The minimum absolute atomic E-state index is 0.256. The zero-order valence-electron chi connectivity index (χ0n) is 8.63. The summed E-state index contributed by atoms with van der Waals surface area (Å²) in [5.41, 5.74) is 1.46. The van der Waals surface area contributed by atoms with Gasteiger partial charge in [-0.3, -0.25) is 4.98 Å². The average molecular weight is 198 g/mol. The second-order valence-corrected chi connectivity index (χ2v) is 4.96. The van der Waals surface area contributed by atoms with E-state index >= 15 is 0 Å². The molecule has 13 heavy (non-hydrogen) atoms. The van der Waals surface area contributed by atoms with Gasteiger partial charge in [0, 0.05) is 12.4 Å². The first-order chi connectivity index (χ1) is 5.91. The van der Waals surface area contributed by atoms with Crippen molar-refractivity contribution in [2.45, 2.75) is 33.6 Å². The lowest BCUT2D eigenvalue weighted by Crippen LogP contribution is -2.15. The lowest BCUT2D eigenvalue weighted by atomic mass is 9.78. The first kappa shape index (κ1) is 10.5. The van der Waals surface area contributed by atoms with Gasteiger partial charge in [0.25, 0.3) is 0 Å². The Bertz CT molecular complexity index is 288. The number of hydrogen-bond donors (Lipinski definition) is 0. The normalized spacial score (nSPS) is 14.2. The molecule has 72 valence electrons. The fourth-order valence-corrected chi connectivity index (χ4v) is 1.35. The highest BCUT2D eigenvalue weighted by Gasteiger charge is 2.21. The summed E-state index contributed by atoms with van der Waals surface area (Å²) in [7, 11) is 0. The van der Waals surface area contributed by atoms with E-state index in [9.17, 15) is 0 Å². The fraction of sp³-hybridized carbons (Fsp3) is 0.545. The third kappa shape index (κ3) is 2.70. The van der Waals surface area contributed by atoms with E-state index in [1.807, 2.05) is 12.3 Å². The fourth-order valence-electron chi connectivity index (χ4n) is 1.17. The molecule has 0 saturated heterocycles. The van der Waals surface area contributed by atoms with Crippen LogP contribution in [0.2, 0.25) is 5.02 Å². The lowest BCUT2D eigenvalue weighted by Gasteiger charge is -2.27. The summed E-state index contributed by atoms with van der Waals surface area (Å²) in [6, 6.07) is 1.99. The molecule has 1 rings (SSSR count). The second kappa shape index (κ2) is 3.67. The van der Waals surface area contributed by atoms with Crippen LogP contribution in [0.25, 0.3) is 0 Å². The molecule has 2 heteroatoms. The van der Waals surface area contributed by atoms with Gasteiger partial charge in [-0.2, -0.15) is 0 Å². The minimum atomic E-state index is 0.256. The van der Waals surface area contributed by atoms with Crippen LogP contribution in [0.5, 0.6) is 0 Å². The Kier molecular flexibility index (Phi) is 2.97. The summed E-state index contributed by atoms with van der Waals surface area (Å²) in [6.07, 6.45) is 3.56. The summed E-state index contributed by atoms with van der Waals surface area (Å²) in [5, 5.41) is 0.716. The molecule has 1 aromatic rings. The van der Waals surface area contributed by atoms with Gasteiger partial charge >= 0.3 is 0 Å². The highest BCUT2D eigenvalue weighted by molar-refractivity contribution is 6.30. The molecule has 1 nitrogen and oxygen atoms in total. The highest BCUT2D eigenvalue weighted by atomic mass is 35.5. The van der Waals surface area contributed by atoms with Crippen LogP contribution in [0.3, 0.4) is 0 Å². The summed E-state index contributed by atoms with van der Waals surface area (Å²) in [4.78, 5) is 4.09. The summed E-state index contributed by atoms with van der Waals surface area (Å²) in [6.45, 7) is 8.86. The predicted molar refractivity (Wildman–Crippen MR) is 57.1 cm³/mol. The quantitative estimate of drug-likeness (QED) is 0.666. The van der Waals surface area contributed by atoms with E-state index in [1.165, 1.54) is 5.56 Å². The van der Waals surface area contributed by atoms with E-state index in [1.54, 1.807) is 6.20 Å². The van der Waals surface area contributed by atoms with Gasteiger partial charge in [-0.15, -0.1) is 0 Å². The summed E-state index contributed by atoms with van der Waals surface area (Å²) in [5.74, 6) is 0.471. The van der Waals surface area contributed by atoms with Crippen molar-refractivity contribution >= 4 is 11.6 Å². The Morgan fingerprint density at radius 1 is 1.31 bits per heavy atom. The van der Waals surface area contributed by atoms with Crippen molar-refractivity contribution in [2.75, 3.05) is 0 Å². The van der Waals surface area contributed by atoms with Gasteiger partial charge in [-0.1, -0.05) is 39.3 Å². The molecule has 0 spiro atoms. The van der Waals surface area contributed by atoms with Crippen LogP contribution in [0.15, 0.2) is 18.5 Å². The Morgan fingerprint density at radius 3 is 2.38 bits per heavy atom. The van der Waals surface area contributed by atoms with Gasteiger partial charge in [-0.25, -0.2) is 0 Å². The minimum Gasteiger partial charge on any atom is -0.263 e. The average Bonchev–Trinajstić information content (AvgIpc) is 2.01. The van der Waals surface area contributed by atoms with Crippen LogP contribution < -0.4 is 0 Å². The molecule has 1 heterocycles. The molecule has 1 aromatic heterocycles. The van der Waals surface area contributed by atoms with Crippen LogP contribution >= 0.6 is 11.6 Å². The third-order valence-corrected chi connectivity index (χ3v) is 2.73. The van der Waals surface area contributed by atoms with E-state index in [0.29, 0.717) is 10.9 Å². The smallest absolute Gasteiger partial charge is 0.0592 e. The van der Waals surface area contributed by atoms with Crippen molar-refractivity contribution in [3.63, 3.8) is 0 Å². The van der Waals surface area contributed by atoms with Gasteiger partial charge in [0.2, 0.25) is 0 Å². The van der Waals surface area contributed by atoms with Gasteiger partial charge in [-0.05, 0) is 23.0 Å². The Labute approximate surface area is 85.1 Å². The molecular formula is C11H16ClN. The van der Waals surface area contributed by atoms with Gasteiger partial charge in [0.1, 0.15) is 0 Å². The van der Waals surface area contributed by atoms with E-state index in [0.717, 1.165) is 0 Å². The van der Waals surface area contributed by atoms with Crippen LogP contribution in [0, 0.1) is 5.41 Å². The van der Waals surface area contributed by atoms with Gasteiger partial charge in [0.15, 0.2) is 0 Å². The van der Waals surface area contributed by atoms with E-state index < -0.39 is 0 Å². The molecule has 1 unspecified atom stereocenters.